The van der Waals surface area contributed by atoms with Gasteiger partial charge in [0, 0.05) is 17.0 Å². The summed E-state index contributed by atoms with van der Waals surface area (Å²) in [5.41, 5.74) is 1.42. The Bertz CT molecular complexity index is 582. The van der Waals surface area contributed by atoms with Crippen LogP contribution in [0.5, 0.6) is 0 Å². The van der Waals surface area contributed by atoms with E-state index in [1.165, 1.54) is 6.07 Å². The molecule has 1 aromatic heterocycles. The Labute approximate surface area is 85.1 Å². The van der Waals surface area contributed by atoms with Gasteiger partial charge in [-0.15, -0.1) is 0 Å². The van der Waals surface area contributed by atoms with E-state index in [0.717, 1.165) is 16.6 Å². The summed E-state index contributed by atoms with van der Waals surface area (Å²) >= 11 is 4.50. The number of benzene rings is 1. The van der Waals surface area contributed by atoms with E-state index in [4.69, 9.17) is 0 Å². The average Bonchev–Trinajstić information content (AvgIpc) is 2.19. The Morgan fingerprint density at radius 3 is 2.93 bits per heavy atom. The lowest BCUT2D eigenvalue weighted by Crippen LogP contribution is -2.01. The maximum Gasteiger partial charge on any atom is 0.248 e. The second-order valence-corrected chi connectivity index (χ2v) is 2.98. The molecule has 0 aliphatic carbocycles. The summed E-state index contributed by atoms with van der Waals surface area (Å²) in [6.45, 7) is 0. The smallest absolute Gasteiger partial charge is 0.248 e. The Morgan fingerprint density at radius 2 is 2.14 bits per heavy atom. The van der Waals surface area contributed by atoms with Crippen LogP contribution in [0, 0.1) is 0 Å². The lowest BCUT2D eigenvalue weighted by atomic mass is 10.2. The predicted molar refractivity (Wildman–Crippen MR) is 59.3 cm³/mol. The van der Waals surface area contributed by atoms with E-state index in [-0.39, 0.29) is 5.56 Å². The molecular weight excluding hydrogens is 196 g/mol. The SMILES string of the molecule is O=c1ccc2cc(N=C=S)ccc2[nH]1. The van der Waals surface area contributed by atoms with E-state index in [1.807, 2.05) is 6.07 Å². The molecule has 4 heteroatoms. The molecule has 2 rings (SSSR count). The molecule has 68 valence electrons. The monoisotopic (exact) mass is 202 g/mol. The van der Waals surface area contributed by atoms with Crippen molar-refractivity contribution >= 4 is 34.0 Å². The van der Waals surface area contributed by atoms with Gasteiger partial charge in [0.15, 0.2) is 0 Å². The number of nitrogens with one attached hydrogen (secondary N) is 1. The molecule has 1 heterocycles. The summed E-state index contributed by atoms with van der Waals surface area (Å²) in [5, 5.41) is 3.22. The molecule has 3 nitrogen and oxygen atoms in total. The molecule has 0 radical (unpaired) electrons. The Morgan fingerprint density at radius 1 is 1.29 bits per heavy atom. The minimum absolute atomic E-state index is 0.108. The Balaban J connectivity index is 2.73. The van der Waals surface area contributed by atoms with Crippen LogP contribution >= 0.6 is 12.2 Å². The minimum atomic E-state index is -0.108. The maximum absolute atomic E-state index is 11.0. The quantitative estimate of drug-likeness (QED) is 0.569. The van der Waals surface area contributed by atoms with Crippen LogP contribution in [-0.4, -0.2) is 10.1 Å². The predicted octanol–water partition coefficient (Wildman–Crippen LogP) is 2.26. The first-order chi connectivity index (χ1) is 6.79. The zero-order valence-corrected chi connectivity index (χ0v) is 7.97. The summed E-state index contributed by atoms with van der Waals surface area (Å²) in [6, 6.07) is 8.63. The highest BCUT2D eigenvalue weighted by molar-refractivity contribution is 7.78. The molecule has 0 atom stereocenters. The minimum Gasteiger partial charge on any atom is -0.322 e. The highest BCUT2D eigenvalue weighted by Gasteiger charge is 1.95. The number of rotatable bonds is 1. The standard InChI is InChI=1S/C10H6N2OS/c13-10-4-1-7-5-8(11-6-14)2-3-9(7)12-10/h1-5H,(H,12,13). The number of H-pyrrole nitrogens is 1. The number of hydrogen-bond acceptors (Lipinski definition) is 3. The number of pyridine rings is 1. The van der Waals surface area contributed by atoms with E-state index in [2.05, 4.69) is 27.4 Å². The number of aromatic amines is 1. The zero-order valence-electron chi connectivity index (χ0n) is 7.15. The molecule has 0 spiro atoms. The van der Waals surface area contributed by atoms with Crippen molar-refractivity contribution < 1.29 is 0 Å². The van der Waals surface area contributed by atoms with Crippen LogP contribution in [0.2, 0.25) is 0 Å². The maximum atomic E-state index is 11.0. The Hall–Kier alpha value is -1.77. The van der Waals surface area contributed by atoms with Gasteiger partial charge in [0.25, 0.3) is 0 Å². The zero-order chi connectivity index (χ0) is 9.97. The highest BCUT2D eigenvalue weighted by Crippen LogP contribution is 2.17. The first kappa shape index (κ1) is 8.81. The van der Waals surface area contributed by atoms with Gasteiger partial charge in [-0.25, -0.2) is 0 Å². The van der Waals surface area contributed by atoms with Gasteiger partial charge in [0.1, 0.15) is 0 Å². The lowest BCUT2D eigenvalue weighted by Gasteiger charge is -1.96. The van der Waals surface area contributed by atoms with Gasteiger partial charge in [-0.05, 0) is 36.5 Å². The number of isothiocyanates is 1. The third kappa shape index (κ3) is 1.62. The molecule has 0 amide bonds. The summed E-state index contributed by atoms with van der Waals surface area (Å²) in [4.78, 5) is 17.6. The molecule has 1 aromatic carbocycles. The number of thiocarbonyl (C=S) groups is 1. The molecule has 0 fully saturated rings. The van der Waals surface area contributed by atoms with Gasteiger partial charge in [-0.2, -0.15) is 4.99 Å². The van der Waals surface area contributed by atoms with Crippen LogP contribution in [0.1, 0.15) is 0 Å². The molecule has 0 aliphatic heterocycles. The van der Waals surface area contributed by atoms with E-state index in [9.17, 15) is 4.79 Å². The molecule has 2 aromatic rings. The van der Waals surface area contributed by atoms with Crippen LogP contribution < -0.4 is 5.56 Å². The first-order valence-electron chi connectivity index (χ1n) is 4.00. The highest BCUT2D eigenvalue weighted by atomic mass is 32.1. The molecule has 0 saturated carbocycles. The van der Waals surface area contributed by atoms with Crippen molar-refractivity contribution in [1.82, 2.24) is 4.98 Å². The number of fused-ring (bicyclic) bond motifs is 1. The van der Waals surface area contributed by atoms with Crippen LogP contribution in [0.3, 0.4) is 0 Å². The van der Waals surface area contributed by atoms with Gasteiger partial charge in [-0.3, -0.25) is 4.79 Å². The van der Waals surface area contributed by atoms with Gasteiger partial charge in [0.2, 0.25) is 5.56 Å². The van der Waals surface area contributed by atoms with Crippen molar-refractivity contribution in [2.45, 2.75) is 0 Å². The third-order valence-corrected chi connectivity index (χ3v) is 1.97. The topological polar surface area (TPSA) is 45.2 Å². The molecular formula is C10H6N2OS. The second-order valence-electron chi connectivity index (χ2n) is 2.80. The van der Waals surface area contributed by atoms with Crippen molar-refractivity contribution in [2.75, 3.05) is 0 Å². The van der Waals surface area contributed by atoms with Gasteiger partial charge < -0.3 is 4.98 Å². The fraction of sp³-hybridized carbons (Fsp3) is 0. The van der Waals surface area contributed by atoms with Crippen LogP contribution in [-0.2, 0) is 0 Å². The fourth-order valence-electron chi connectivity index (χ4n) is 1.26. The lowest BCUT2D eigenvalue weighted by molar-refractivity contribution is 1.31. The second kappa shape index (κ2) is 3.54. The Kier molecular flexibility index (Phi) is 2.23. The van der Waals surface area contributed by atoms with Crippen LogP contribution in [0.25, 0.3) is 10.9 Å². The first-order valence-corrected chi connectivity index (χ1v) is 4.41. The fourth-order valence-corrected chi connectivity index (χ4v) is 1.37. The van der Waals surface area contributed by atoms with Crippen LogP contribution in [0.4, 0.5) is 5.69 Å². The summed E-state index contributed by atoms with van der Waals surface area (Å²) in [7, 11) is 0. The number of aromatic nitrogens is 1. The van der Waals surface area contributed by atoms with Gasteiger partial charge in [-0.1, -0.05) is 0 Å². The number of nitrogens with zero attached hydrogens (tertiary/aromatic N) is 1. The normalized spacial score (nSPS) is 9.71. The summed E-state index contributed by atoms with van der Waals surface area (Å²) < 4.78 is 0. The summed E-state index contributed by atoms with van der Waals surface area (Å²) in [5.74, 6) is 0. The van der Waals surface area contributed by atoms with Crippen molar-refractivity contribution in [3.63, 3.8) is 0 Å². The molecule has 0 bridgehead atoms. The van der Waals surface area contributed by atoms with Crippen molar-refractivity contribution in [1.29, 1.82) is 0 Å². The van der Waals surface area contributed by atoms with Crippen molar-refractivity contribution in [3.05, 3.63) is 40.7 Å². The molecule has 0 saturated heterocycles. The van der Waals surface area contributed by atoms with Crippen molar-refractivity contribution in [2.24, 2.45) is 4.99 Å². The van der Waals surface area contributed by atoms with E-state index >= 15 is 0 Å². The van der Waals surface area contributed by atoms with E-state index in [0.29, 0.717) is 0 Å². The number of hydrogen-bond donors (Lipinski definition) is 1. The molecule has 1 N–H and O–H groups in total. The summed E-state index contributed by atoms with van der Waals surface area (Å²) in [6.07, 6.45) is 0. The van der Waals surface area contributed by atoms with Crippen LogP contribution in [0.15, 0.2) is 40.1 Å². The van der Waals surface area contributed by atoms with E-state index < -0.39 is 0 Å². The number of aliphatic imine (C=N–C) groups is 1. The largest absolute Gasteiger partial charge is 0.322 e. The third-order valence-electron chi connectivity index (χ3n) is 1.88. The van der Waals surface area contributed by atoms with Gasteiger partial charge >= 0.3 is 0 Å². The van der Waals surface area contributed by atoms with E-state index in [1.54, 1.807) is 18.2 Å². The molecule has 0 unspecified atom stereocenters. The average molecular weight is 202 g/mol. The van der Waals surface area contributed by atoms with Crippen molar-refractivity contribution in [3.8, 4) is 0 Å². The van der Waals surface area contributed by atoms with Gasteiger partial charge in [0.05, 0.1) is 10.8 Å². The molecule has 0 aliphatic rings. The molecule has 14 heavy (non-hydrogen) atoms.